The maximum absolute atomic E-state index is 11.8. The number of hydrogen-bond donors (Lipinski definition) is 1. The molecule has 0 radical (unpaired) electrons. The molecule has 90 valence electrons. The van der Waals surface area contributed by atoms with E-state index in [-0.39, 0.29) is 6.04 Å². The summed E-state index contributed by atoms with van der Waals surface area (Å²) in [5.74, 6) is 0.680. The molecule has 0 aromatic carbocycles. The third-order valence-electron chi connectivity index (χ3n) is 2.74. The molecule has 2 nitrogen and oxygen atoms in total. The number of nitrogens with one attached hydrogen (secondary N) is 1. The van der Waals surface area contributed by atoms with Gasteiger partial charge in [0.25, 0.3) is 0 Å². The smallest absolute Gasteiger partial charge is 0.292 e. The van der Waals surface area contributed by atoms with Gasteiger partial charge in [0.05, 0.1) is 0 Å². The summed E-state index contributed by atoms with van der Waals surface area (Å²) in [5, 5.41) is 0. The summed E-state index contributed by atoms with van der Waals surface area (Å²) in [6.07, 6.45) is 0.852. The van der Waals surface area contributed by atoms with Crippen molar-refractivity contribution in [3.8, 4) is 0 Å². The lowest BCUT2D eigenvalue weighted by molar-refractivity contribution is -0.193. The lowest BCUT2D eigenvalue weighted by Crippen LogP contribution is -2.32. The molecule has 2 atom stereocenters. The third-order valence-corrected chi connectivity index (χ3v) is 2.74. The quantitative estimate of drug-likeness (QED) is 0.588. The molecular weight excluding hydrogens is 207 g/mol. The lowest BCUT2D eigenvalue weighted by atomic mass is 10.0. The predicted octanol–water partition coefficient (Wildman–Crippen LogP) is 3.04. The van der Waals surface area contributed by atoms with E-state index in [9.17, 15) is 13.2 Å². The molecule has 0 aromatic heterocycles. The second kappa shape index (κ2) is 5.70. The van der Waals surface area contributed by atoms with E-state index in [4.69, 9.17) is 0 Å². The first-order valence-corrected chi connectivity index (χ1v) is 5.41. The van der Waals surface area contributed by atoms with E-state index < -0.39 is 12.8 Å². The first-order valence-electron chi connectivity index (χ1n) is 5.41. The van der Waals surface area contributed by atoms with Crippen LogP contribution in [0.2, 0.25) is 0 Å². The van der Waals surface area contributed by atoms with Crippen LogP contribution in [0.5, 0.6) is 0 Å². The molecule has 1 aliphatic rings. The van der Waals surface area contributed by atoms with Crippen LogP contribution >= 0.6 is 0 Å². The molecule has 1 fully saturated rings. The Kier molecular flexibility index (Phi) is 4.86. The molecule has 0 aliphatic heterocycles. The van der Waals surface area contributed by atoms with Crippen molar-refractivity contribution < 1.29 is 18.0 Å². The minimum absolute atomic E-state index is 0.0808. The van der Waals surface area contributed by atoms with E-state index in [1.165, 1.54) is 0 Å². The van der Waals surface area contributed by atoms with Crippen molar-refractivity contribution in [3.05, 3.63) is 0 Å². The monoisotopic (exact) mass is 225 g/mol. The highest BCUT2D eigenvalue weighted by Crippen LogP contribution is 2.22. The zero-order chi connectivity index (χ0) is 11.3. The number of hydroxylamine groups is 1. The number of halogens is 3. The van der Waals surface area contributed by atoms with Crippen molar-refractivity contribution >= 4 is 0 Å². The van der Waals surface area contributed by atoms with Gasteiger partial charge in [-0.15, -0.1) is 0 Å². The van der Waals surface area contributed by atoms with Crippen molar-refractivity contribution in [2.45, 2.75) is 51.2 Å². The zero-order valence-electron chi connectivity index (χ0n) is 8.94. The Hall–Kier alpha value is -0.290. The van der Waals surface area contributed by atoms with Crippen molar-refractivity contribution in [1.29, 1.82) is 0 Å². The third kappa shape index (κ3) is 5.99. The second-order valence-electron chi connectivity index (χ2n) is 4.33. The fourth-order valence-electron chi connectivity index (χ4n) is 1.85. The van der Waals surface area contributed by atoms with Crippen LogP contribution in [0.15, 0.2) is 0 Å². The molecule has 2 unspecified atom stereocenters. The number of hydrogen-bond acceptors (Lipinski definition) is 2. The van der Waals surface area contributed by atoms with Crippen LogP contribution in [0.3, 0.4) is 0 Å². The van der Waals surface area contributed by atoms with Crippen LogP contribution in [0.4, 0.5) is 13.2 Å². The molecule has 5 heteroatoms. The molecule has 0 amide bonds. The summed E-state index contributed by atoms with van der Waals surface area (Å²) in [5.41, 5.74) is 2.52. The van der Waals surface area contributed by atoms with E-state index in [1.54, 1.807) is 0 Å². The summed E-state index contributed by atoms with van der Waals surface area (Å²) in [6.45, 7) is 0.970. The van der Waals surface area contributed by atoms with Gasteiger partial charge in [0.2, 0.25) is 0 Å². The van der Waals surface area contributed by atoms with Crippen LogP contribution in [0, 0.1) is 5.92 Å². The van der Waals surface area contributed by atoms with E-state index >= 15 is 0 Å². The fraction of sp³-hybridized carbons (Fsp3) is 1.00. The van der Waals surface area contributed by atoms with Gasteiger partial charge in [0.15, 0.2) is 6.61 Å². The van der Waals surface area contributed by atoms with Crippen LogP contribution < -0.4 is 5.48 Å². The summed E-state index contributed by atoms with van der Waals surface area (Å²) < 4.78 is 35.4. The van der Waals surface area contributed by atoms with Crippen LogP contribution in [0.1, 0.15) is 39.0 Å². The normalized spacial score (nSPS) is 28.8. The topological polar surface area (TPSA) is 21.3 Å². The molecular formula is C10H18F3NO. The summed E-state index contributed by atoms with van der Waals surface area (Å²) >= 11 is 0. The van der Waals surface area contributed by atoms with Gasteiger partial charge in [-0.3, -0.25) is 4.84 Å². The molecule has 1 saturated carbocycles. The van der Waals surface area contributed by atoms with Crippen molar-refractivity contribution in [2.24, 2.45) is 5.92 Å². The predicted molar refractivity (Wildman–Crippen MR) is 51.2 cm³/mol. The Balaban J connectivity index is 2.15. The standard InChI is InChI=1S/C10H18F3NO/c1-8-3-2-4-9(6-5-8)14-15-7-10(11,12)13/h8-9,14H,2-7H2,1H3. The van der Waals surface area contributed by atoms with E-state index in [0.29, 0.717) is 5.92 Å². The van der Waals surface area contributed by atoms with Gasteiger partial charge in [0, 0.05) is 6.04 Å². The summed E-state index contributed by atoms with van der Waals surface area (Å²) in [6, 6.07) is 0.0808. The molecule has 0 aromatic rings. The maximum atomic E-state index is 11.8. The maximum Gasteiger partial charge on any atom is 0.413 e. The van der Waals surface area contributed by atoms with Gasteiger partial charge in [-0.2, -0.15) is 18.7 Å². The molecule has 1 aliphatic carbocycles. The Morgan fingerprint density at radius 2 is 1.93 bits per heavy atom. The molecule has 0 saturated heterocycles. The van der Waals surface area contributed by atoms with Gasteiger partial charge in [-0.1, -0.05) is 19.8 Å². The minimum Gasteiger partial charge on any atom is -0.292 e. The lowest BCUT2D eigenvalue weighted by Gasteiger charge is -2.16. The van der Waals surface area contributed by atoms with Crippen molar-refractivity contribution in [1.82, 2.24) is 5.48 Å². The Labute approximate surface area is 88.1 Å². The average Bonchev–Trinajstić information content (AvgIpc) is 2.29. The van der Waals surface area contributed by atoms with Gasteiger partial charge in [-0.05, 0) is 25.2 Å². The highest BCUT2D eigenvalue weighted by molar-refractivity contribution is 4.70. The SMILES string of the molecule is CC1CCCC(NOCC(F)(F)F)CC1. The van der Waals surface area contributed by atoms with Crippen LogP contribution in [-0.2, 0) is 4.84 Å². The Morgan fingerprint density at radius 3 is 2.60 bits per heavy atom. The van der Waals surface area contributed by atoms with Crippen LogP contribution in [-0.4, -0.2) is 18.8 Å². The van der Waals surface area contributed by atoms with Gasteiger partial charge >= 0.3 is 6.18 Å². The largest absolute Gasteiger partial charge is 0.413 e. The van der Waals surface area contributed by atoms with Gasteiger partial charge in [0.1, 0.15) is 0 Å². The number of alkyl halides is 3. The van der Waals surface area contributed by atoms with Gasteiger partial charge < -0.3 is 0 Å². The molecule has 0 bridgehead atoms. The molecule has 15 heavy (non-hydrogen) atoms. The first kappa shape index (κ1) is 12.8. The van der Waals surface area contributed by atoms with E-state index in [0.717, 1.165) is 32.1 Å². The molecule has 0 spiro atoms. The van der Waals surface area contributed by atoms with E-state index in [1.807, 2.05) is 0 Å². The Morgan fingerprint density at radius 1 is 1.20 bits per heavy atom. The highest BCUT2D eigenvalue weighted by atomic mass is 19.4. The summed E-state index contributed by atoms with van der Waals surface area (Å²) in [7, 11) is 0. The van der Waals surface area contributed by atoms with E-state index in [2.05, 4.69) is 17.2 Å². The zero-order valence-corrected chi connectivity index (χ0v) is 8.94. The van der Waals surface area contributed by atoms with Crippen LogP contribution in [0.25, 0.3) is 0 Å². The number of rotatable bonds is 3. The fourth-order valence-corrected chi connectivity index (χ4v) is 1.85. The van der Waals surface area contributed by atoms with Crippen molar-refractivity contribution in [3.63, 3.8) is 0 Å². The minimum atomic E-state index is -4.25. The van der Waals surface area contributed by atoms with Gasteiger partial charge in [-0.25, -0.2) is 0 Å². The molecule has 0 heterocycles. The molecule has 1 N–H and O–H groups in total. The van der Waals surface area contributed by atoms with Crippen molar-refractivity contribution in [2.75, 3.05) is 6.61 Å². The average molecular weight is 225 g/mol. The summed E-state index contributed by atoms with van der Waals surface area (Å²) in [4.78, 5) is 4.45. The highest BCUT2D eigenvalue weighted by Gasteiger charge is 2.28. The second-order valence-corrected chi connectivity index (χ2v) is 4.33. The Bertz CT molecular complexity index is 184. The first-order chi connectivity index (χ1) is 6.97. The molecule has 1 rings (SSSR count).